The van der Waals surface area contributed by atoms with Gasteiger partial charge < -0.3 is 10.7 Å². The first-order chi connectivity index (χ1) is 8.62. The number of nitrogens with zero attached hydrogens (tertiary/aromatic N) is 1. The van der Waals surface area contributed by atoms with Gasteiger partial charge in [0.15, 0.2) is 0 Å². The highest BCUT2D eigenvalue weighted by Gasteiger charge is 2.15. The smallest absolute Gasteiger partial charge is 0.250 e. The van der Waals surface area contributed by atoms with Crippen LogP contribution in [0, 0.1) is 0 Å². The number of aromatic amines is 1. The van der Waals surface area contributed by atoms with E-state index in [0.717, 1.165) is 11.4 Å². The fraction of sp³-hybridized carbons (Fsp3) is 0.300. The lowest BCUT2D eigenvalue weighted by molar-refractivity contribution is 0.583. The summed E-state index contributed by atoms with van der Waals surface area (Å²) in [5.41, 5.74) is 6.28. The third-order valence-corrected chi connectivity index (χ3v) is 5.29. The van der Waals surface area contributed by atoms with E-state index in [1.54, 1.807) is 23.8 Å². The summed E-state index contributed by atoms with van der Waals surface area (Å²) in [5, 5.41) is 1.75. The van der Waals surface area contributed by atoms with Crippen LogP contribution in [0.4, 0.5) is 0 Å². The van der Waals surface area contributed by atoms with E-state index in [4.69, 9.17) is 5.73 Å². The van der Waals surface area contributed by atoms with Gasteiger partial charge in [-0.25, -0.2) is 18.1 Å². The minimum absolute atomic E-state index is 0.294. The van der Waals surface area contributed by atoms with E-state index in [9.17, 15) is 8.42 Å². The monoisotopic (exact) mass is 286 g/mol. The number of nitrogens with one attached hydrogen (secondary N) is 2. The van der Waals surface area contributed by atoms with Crippen LogP contribution in [-0.4, -0.2) is 24.9 Å². The molecule has 2 heterocycles. The van der Waals surface area contributed by atoms with Crippen molar-refractivity contribution in [3.8, 4) is 0 Å². The second kappa shape index (κ2) is 5.61. The van der Waals surface area contributed by atoms with Crippen molar-refractivity contribution < 1.29 is 8.42 Å². The molecular weight excluding hydrogens is 272 g/mol. The van der Waals surface area contributed by atoms with Gasteiger partial charge in [-0.05, 0) is 17.0 Å². The van der Waals surface area contributed by atoms with Gasteiger partial charge in [-0.15, -0.1) is 11.3 Å². The number of imidazole rings is 1. The summed E-state index contributed by atoms with van der Waals surface area (Å²) in [6, 6.07) is 1.60. The van der Waals surface area contributed by atoms with Crippen molar-refractivity contribution in [2.45, 2.75) is 17.2 Å². The van der Waals surface area contributed by atoms with Crippen LogP contribution < -0.4 is 10.5 Å². The van der Waals surface area contributed by atoms with Crippen LogP contribution in [0.15, 0.2) is 28.0 Å². The molecule has 2 aromatic heterocycles. The minimum Gasteiger partial charge on any atom is -0.349 e. The van der Waals surface area contributed by atoms with Crippen molar-refractivity contribution >= 4 is 21.4 Å². The number of hydrogen-bond acceptors (Lipinski definition) is 5. The van der Waals surface area contributed by atoms with Crippen molar-refractivity contribution in [3.63, 3.8) is 0 Å². The maximum atomic E-state index is 11.9. The SMILES string of the molecule is NCc1csc(S(=O)(=O)NCCc2ncc[nH]2)c1. The quantitative estimate of drug-likeness (QED) is 0.717. The lowest BCUT2D eigenvalue weighted by Gasteiger charge is -2.03. The summed E-state index contributed by atoms with van der Waals surface area (Å²) in [6.07, 6.45) is 3.87. The van der Waals surface area contributed by atoms with Crippen LogP contribution in [0.3, 0.4) is 0 Å². The molecule has 6 nitrogen and oxygen atoms in total. The molecule has 98 valence electrons. The number of sulfonamides is 1. The molecular formula is C10H14N4O2S2. The maximum absolute atomic E-state index is 11.9. The van der Waals surface area contributed by atoms with Crippen LogP contribution in [0.1, 0.15) is 11.4 Å². The molecule has 0 saturated carbocycles. The van der Waals surface area contributed by atoms with Gasteiger partial charge >= 0.3 is 0 Å². The molecule has 0 unspecified atom stereocenters. The van der Waals surface area contributed by atoms with Gasteiger partial charge in [-0.2, -0.15) is 0 Å². The summed E-state index contributed by atoms with van der Waals surface area (Å²) in [5.74, 6) is 0.756. The molecule has 2 rings (SSSR count). The van der Waals surface area contributed by atoms with Gasteiger partial charge in [-0.3, -0.25) is 0 Å². The van der Waals surface area contributed by atoms with Gasteiger partial charge in [0, 0.05) is 31.9 Å². The topological polar surface area (TPSA) is 101 Å². The number of nitrogens with two attached hydrogens (primary N) is 1. The number of aromatic nitrogens is 2. The average Bonchev–Trinajstić information content (AvgIpc) is 2.99. The van der Waals surface area contributed by atoms with Crippen LogP contribution in [-0.2, 0) is 23.0 Å². The maximum Gasteiger partial charge on any atom is 0.250 e. The molecule has 0 fully saturated rings. The van der Waals surface area contributed by atoms with Gasteiger partial charge in [-0.1, -0.05) is 0 Å². The number of rotatable bonds is 6. The van der Waals surface area contributed by atoms with Gasteiger partial charge in [0.25, 0.3) is 0 Å². The molecule has 0 saturated heterocycles. The lowest BCUT2D eigenvalue weighted by atomic mass is 10.4. The van der Waals surface area contributed by atoms with Crippen LogP contribution in [0.25, 0.3) is 0 Å². The average molecular weight is 286 g/mol. The van der Waals surface area contributed by atoms with Crippen molar-refractivity contribution in [2.75, 3.05) is 6.54 Å². The first-order valence-electron chi connectivity index (χ1n) is 5.37. The Morgan fingerprint density at radius 2 is 2.33 bits per heavy atom. The zero-order chi connectivity index (χ0) is 13.0. The first-order valence-corrected chi connectivity index (χ1v) is 7.73. The molecule has 0 aliphatic heterocycles. The largest absolute Gasteiger partial charge is 0.349 e. The summed E-state index contributed by atoms with van der Waals surface area (Å²) in [6.45, 7) is 0.657. The highest BCUT2D eigenvalue weighted by atomic mass is 32.2. The Kier molecular flexibility index (Phi) is 4.12. The Labute approximate surface area is 109 Å². The van der Waals surface area contributed by atoms with E-state index in [1.807, 2.05) is 0 Å². The number of hydrogen-bond donors (Lipinski definition) is 3. The Morgan fingerprint density at radius 1 is 1.50 bits per heavy atom. The summed E-state index contributed by atoms with van der Waals surface area (Å²) in [4.78, 5) is 6.94. The van der Waals surface area contributed by atoms with Gasteiger partial charge in [0.2, 0.25) is 10.0 Å². The van der Waals surface area contributed by atoms with E-state index in [-0.39, 0.29) is 0 Å². The van der Waals surface area contributed by atoms with E-state index < -0.39 is 10.0 Å². The third kappa shape index (κ3) is 3.16. The summed E-state index contributed by atoms with van der Waals surface area (Å²) in [7, 11) is -3.43. The molecule has 0 bridgehead atoms. The van der Waals surface area contributed by atoms with Crippen LogP contribution in [0.2, 0.25) is 0 Å². The Hall–Kier alpha value is -1.22. The second-order valence-corrected chi connectivity index (χ2v) is 6.57. The Morgan fingerprint density at radius 3 is 2.94 bits per heavy atom. The van der Waals surface area contributed by atoms with E-state index in [2.05, 4.69) is 14.7 Å². The number of thiophene rings is 1. The molecule has 2 aromatic rings. The number of H-pyrrole nitrogens is 1. The molecule has 0 aromatic carbocycles. The van der Waals surface area contributed by atoms with E-state index >= 15 is 0 Å². The molecule has 18 heavy (non-hydrogen) atoms. The molecule has 0 atom stereocenters. The first kappa shape index (κ1) is 13.2. The van der Waals surface area contributed by atoms with E-state index in [1.165, 1.54) is 11.3 Å². The van der Waals surface area contributed by atoms with E-state index in [0.29, 0.717) is 23.7 Å². The fourth-order valence-electron chi connectivity index (χ4n) is 1.41. The predicted molar refractivity (Wildman–Crippen MR) is 69.7 cm³/mol. The second-order valence-electron chi connectivity index (χ2n) is 3.66. The highest BCUT2D eigenvalue weighted by molar-refractivity contribution is 7.91. The predicted octanol–water partition coefficient (Wildman–Crippen LogP) is 0.451. The molecule has 0 radical (unpaired) electrons. The standard InChI is InChI=1S/C10H14N4O2S2/c11-6-8-5-10(17-7-8)18(15,16)14-2-1-9-12-3-4-13-9/h3-5,7,14H,1-2,6,11H2,(H,12,13). The molecule has 0 amide bonds. The van der Waals surface area contributed by atoms with Gasteiger partial charge in [0.1, 0.15) is 10.0 Å². The summed E-state index contributed by atoms with van der Waals surface area (Å²) < 4.78 is 26.7. The third-order valence-electron chi connectivity index (χ3n) is 2.34. The van der Waals surface area contributed by atoms with Crippen molar-refractivity contribution in [1.29, 1.82) is 0 Å². The van der Waals surface area contributed by atoms with Crippen molar-refractivity contribution in [1.82, 2.24) is 14.7 Å². The normalized spacial score (nSPS) is 11.8. The summed E-state index contributed by atoms with van der Waals surface area (Å²) >= 11 is 1.18. The fourth-order valence-corrected chi connectivity index (χ4v) is 3.71. The Bertz CT molecular complexity index is 589. The van der Waals surface area contributed by atoms with Crippen molar-refractivity contribution in [2.24, 2.45) is 5.73 Å². The van der Waals surface area contributed by atoms with Crippen molar-refractivity contribution in [3.05, 3.63) is 35.2 Å². The Balaban J connectivity index is 1.95. The molecule has 8 heteroatoms. The zero-order valence-electron chi connectivity index (χ0n) is 9.59. The lowest BCUT2D eigenvalue weighted by Crippen LogP contribution is -2.25. The zero-order valence-corrected chi connectivity index (χ0v) is 11.2. The minimum atomic E-state index is -3.43. The van der Waals surface area contributed by atoms with Crippen LogP contribution >= 0.6 is 11.3 Å². The molecule has 0 aliphatic carbocycles. The van der Waals surface area contributed by atoms with Crippen LogP contribution in [0.5, 0.6) is 0 Å². The molecule has 4 N–H and O–H groups in total. The molecule has 0 spiro atoms. The highest BCUT2D eigenvalue weighted by Crippen LogP contribution is 2.19. The van der Waals surface area contributed by atoms with Gasteiger partial charge in [0.05, 0.1) is 0 Å². The molecule has 0 aliphatic rings.